The first-order valence-corrected chi connectivity index (χ1v) is 3.66. The van der Waals surface area contributed by atoms with E-state index >= 15 is 0 Å². The van der Waals surface area contributed by atoms with Crippen LogP contribution in [0.5, 0.6) is 0 Å². The maximum Gasteiger partial charge on any atom is 0.156 e. The lowest BCUT2D eigenvalue weighted by Gasteiger charge is -2.12. The van der Waals surface area contributed by atoms with Crippen molar-refractivity contribution in [3.8, 4) is 0 Å². The highest BCUT2D eigenvalue weighted by molar-refractivity contribution is 7.80. The second-order valence-electron chi connectivity index (χ2n) is 2.82. The normalized spacial score (nSPS) is 13.8. The Bertz CT molecular complexity index is 99.1. The van der Waals surface area contributed by atoms with Crippen LogP contribution in [0.3, 0.4) is 0 Å². The molecule has 0 bridgehead atoms. The first kappa shape index (κ1) is 8.89. The smallest absolute Gasteiger partial charge is 0.156 e. The first-order chi connectivity index (χ1) is 4.04. The van der Waals surface area contributed by atoms with Gasteiger partial charge in [0.25, 0.3) is 0 Å². The second-order valence-corrected chi connectivity index (χ2v) is 3.29. The van der Waals surface area contributed by atoms with Gasteiger partial charge in [0.2, 0.25) is 0 Å². The van der Waals surface area contributed by atoms with E-state index in [2.05, 4.69) is 33.0 Å². The Morgan fingerprint density at radius 3 is 2.00 bits per heavy atom. The molecule has 0 spiro atoms. The highest BCUT2D eigenvalue weighted by Crippen LogP contribution is 2.13. The van der Waals surface area contributed by atoms with E-state index < -0.39 is 0 Å². The van der Waals surface area contributed by atoms with Crippen molar-refractivity contribution in [3.63, 3.8) is 0 Å². The molecule has 1 atom stereocenters. The molecule has 0 aromatic carbocycles. The molecule has 9 heavy (non-hydrogen) atoms. The molecule has 0 aliphatic rings. The van der Waals surface area contributed by atoms with E-state index in [-0.39, 0.29) is 5.05 Å². The summed E-state index contributed by atoms with van der Waals surface area (Å²) >= 11 is 4.55. The monoisotopic (exact) mass is 146 g/mol. The molecular formula is C7H14OS. The highest BCUT2D eigenvalue weighted by Gasteiger charge is 2.07. The Morgan fingerprint density at radius 2 is 1.89 bits per heavy atom. The standard InChI is InChI=1S/C7H14OS/c1-5(2)6(3)4-7(8)9/h5-6H,4H2,1-3H3,(H,8,9). The Kier molecular flexibility index (Phi) is 3.78. The van der Waals surface area contributed by atoms with Crippen molar-refractivity contribution in [2.45, 2.75) is 27.2 Å². The minimum Gasteiger partial charge on any atom is -0.502 e. The van der Waals surface area contributed by atoms with Crippen molar-refractivity contribution in [1.29, 1.82) is 0 Å². The maximum atomic E-state index is 8.70. The molecule has 0 amide bonds. The third-order valence-corrected chi connectivity index (χ3v) is 1.80. The lowest BCUT2D eigenvalue weighted by atomic mass is 9.95. The zero-order chi connectivity index (χ0) is 7.44. The van der Waals surface area contributed by atoms with E-state index in [4.69, 9.17) is 5.11 Å². The molecule has 0 fully saturated rings. The summed E-state index contributed by atoms with van der Waals surface area (Å²) < 4.78 is 0. The number of hydrogen-bond donors (Lipinski definition) is 1. The van der Waals surface area contributed by atoms with E-state index in [9.17, 15) is 0 Å². The van der Waals surface area contributed by atoms with Gasteiger partial charge in [-0.3, -0.25) is 0 Å². The lowest BCUT2D eigenvalue weighted by molar-refractivity contribution is 0.408. The third-order valence-electron chi connectivity index (χ3n) is 1.63. The summed E-state index contributed by atoms with van der Waals surface area (Å²) in [6, 6.07) is 0. The molecule has 0 saturated carbocycles. The molecule has 0 aromatic heterocycles. The number of thiocarbonyl (C=S) groups is 1. The zero-order valence-corrected chi connectivity index (χ0v) is 7.03. The molecule has 0 radical (unpaired) electrons. The molecule has 1 N–H and O–H groups in total. The summed E-state index contributed by atoms with van der Waals surface area (Å²) in [4.78, 5) is 0. The van der Waals surface area contributed by atoms with Crippen molar-refractivity contribution in [2.24, 2.45) is 11.8 Å². The number of aliphatic hydroxyl groups is 1. The molecular weight excluding hydrogens is 132 g/mol. The van der Waals surface area contributed by atoms with Gasteiger partial charge in [-0.2, -0.15) is 0 Å². The van der Waals surface area contributed by atoms with Crippen molar-refractivity contribution >= 4 is 17.3 Å². The molecule has 0 aromatic rings. The lowest BCUT2D eigenvalue weighted by Crippen LogP contribution is -2.08. The molecule has 1 unspecified atom stereocenters. The third kappa shape index (κ3) is 4.40. The Morgan fingerprint density at radius 1 is 1.44 bits per heavy atom. The maximum absolute atomic E-state index is 8.70. The number of aliphatic hydroxyl groups excluding tert-OH is 1. The van der Waals surface area contributed by atoms with Crippen LogP contribution in [0.4, 0.5) is 0 Å². The SMILES string of the molecule is CC(C)C(C)CC(O)=S. The quantitative estimate of drug-likeness (QED) is 0.617. The van der Waals surface area contributed by atoms with Crippen molar-refractivity contribution in [1.82, 2.24) is 0 Å². The van der Waals surface area contributed by atoms with Gasteiger partial charge >= 0.3 is 0 Å². The predicted octanol–water partition coefficient (Wildman–Crippen LogP) is 2.55. The van der Waals surface area contributed by atoms with Crippen LogP contribution in [0, 0.1) is 11.8 Å². The molecule has 0 aliphatic carbocycles. The van der Waals surface area contributed by atoms with Crippen LogP contribution in [-0.2, 0) is 0 Å². The van der Waals surface area contributed by atoms with Gasteiger partial charge in [-0.05, 0) is 24.1 Å². The van der Waals surface area contributed by atoms with E-state index in [1.54, 1.807) is 0 Å². The second kappa shape index (κ2) is 3.83. The topological polar surface area (TPSA) is 20.2 Å². The van der Waals surface area contributed by atoms with E-state index in [1.807, 2.05) is 0 Å². The highest BCUT2D eigenvalue weighted by atomic mass is 32.1. The van der Waals surface area contributed by atoms with Gasteiger partial charge < -0.3 is 5.11 Å². The summed E-state index contributed by atoms with van der Waals surface area (Å²) in [6.07, 6.45) is 0.660. The average molecular weight is 146 g/mol. The summed E-state index contributed by atoms with van der Waals surface area (Å²) in [5.41, 5.74) is 0. The summed E-state index contributed by atoms with van der Waals surface area (Å²) in [6.45, 7) is 6.35. The van der Waals surface area contributed by atoms with Gasteiger partial charge in [-0.25, -0.2) is 0 Å². The average Bonchev–Trinajstić information content (AvgIpc) is 1.63. The van der Waals surface area contributed by atoms with Gasteiger partial charge in [-0.15, -0.1) is 0 Å². The number of rotatable bonds is 3. The fraction of sp³-hybridized carbons (Fsp3) is 0.857. The molecule has 0 heterocycles. The van der Waals surface area contributed by atoms with Gasteiger partial charge in [0.05, 0.1) is 0 Å². The molecule has 54 valence electrons. The minimum absolute atomic E-state index is 0.135. The molecule has 0 aliphatic heterocycles. The summed E-state index contributed by atoms with van der Waals surface area (Å²) in [7, 11) is 0. The first-order valence-electron chi connectivity index (χ1n) is 3.25. The van der Waals surface area contributed by atoms with Crippen molar-refractivity contribution < 1.29 is 5.11 Å². The van der Waals surface area contributed by atoms with Gasteiger partial charge in [0.15, 0.2) is 5.05 Å². The van der Waals surface area contributed by atoms with Gasteiger partial charge in [-0.1, -0.05) is 20.8 Å². The number of hydrogen-bond acceptors (Lipinski definition) is 1. The van der Waals surface area contributed by atoms with Crippen LogP contribution < -0.4 is 0 Å². The fourth-order valence-corrected chi connectivity index (χ4v) is 0.774. The molecule has 1 nitrogen and oxygen atoms in total. The van der Waals surface area contributed by atoms with Crippen LogP contribution in [0.2, 0.25) is 0 Å². The predicted molar refractivity (Wildman–Crippen MR) is 43.8 cm³/mol. The van der Waals surface area contributed by atoms with Crippen molar-refractivity contribution in [3.05, 3.63) is 0 Å². The van der Waals surface area contributed by atoms with Crippen LogP contribution >= 0.6 is 12.2 Å². The van der Waals surface area contributed by atoms with E-state index in [1.165, 1.54) is 0 Å². The summed E-state index contributed by atoms with van der Waals surface area (Å²) in [5, 5.41) is 8.84. The molecule has 0 saturated heterocycles. The molecule has 2 heteroatoms. The Labute approximate surface area is 62.1 Å². The van der Waals surface area contributed by atoms with Crippen LogP contribution in [0.15, 0.2) is 0 Å². The fourth-order valence-electron chi connectivity index (χ4n) is 0.511. The van der Waals surface area contributed by atoms with E-state index in [0.29, 0.717) is 18.3 Å². The van der Waals surface area contributed by atoms with Crippen molar-refractivity contribution in [2.75, 3.05) is 0 Å². The Balaban J connectivity index is 3.50. The largest absolute Gasteiger partial charge is 0.502 e. The molecule has 0 rings (SSSR count). The van der Waals surface area contributed by atoms with Crippen LogP contribution in [-0.4, -0.2) is 10.2 Å². The summed E-state index contributed by atoms with van der Waals surface area (Å²) in [5.74, 6) is 1.11. The van der Waals surface area contributed by atoms with Gasteiger partial charge in [0.1, 0.15) is 0 Å². The Hall–Kier alpha value is -0.110. The minimum atomic E-state index is 0.135. The van der Waals surface area contributed by atoms with Crippen LogP contribution in [0.25, 0.3) is 0 Å². The van der Waals surface area contributed by atoms with Gasteiger partial charge in [0, 0.05) is 6.42 Å². The zero-order valence-electron chi connectivity index (χ0n) is 6.22. The van der Waals surface area contributed by atoms with E-state index in [0.717, 1.165) is 0 Å². The van der Waals surface area contributed by atoms with Crippen LogP contribution in [0.1, 0.15) is 27.2 Å².